The Kier molecular flexibility index (Phi) is 5.25. The molecule has 1 spiro atoms. The van der Waals surface area contributed by atoms with Crippen molar-refractivity contribution >= 4 is 22.5 Å². The molecule has 0 aromatic heterocycles. The molecule has 0 heterocycles. The predicted molar refractivity (Wildman–Crippen MR) is 150 cm³/mol. The molecule has 0 amide bonds. The van der Waals surface area contributed by atoms with E-state index in [1.165, 1.54) is 33.6 Å². The molecule has 0 saturated heterocycles. The highest BCUT2D eigenvalue weighted by molar-refractivity contribution is 7.99. The van der Waals surface area contributed by atoms with Crippen LogP contribution in [-0.4, -0.2) is 12.2 Å². The number of fused-ring (bicyclic) bond motifs is 7. The first kappa shape index (κ1) is 23.5. The Morgan fingerprint density at radius 3 is 2.11 bits per heavy atom. The molecule has 2 aliphatic rings. The third kappa shape index (κ3) is 3.63. The van der Waals surface area contributed by atoms with Crippen LogP contribution < -0.4 is 4.74 Å². The fourth-order valence-electron chi connectivity index (χ4n) is 7.69. The summed E-state index contributed by atoms with van der Waals surface area (Å²) in [5.74, 6) is 1.12. The zero-order chi connectivity index (χ0) is 25.3. The van der Waals surface area contributed by atoms with E-state index in [0.717, 1.165) is 34.3 Å². The number of phenols is 1. The van der Waals surface area contributed by atoms with Gasteiger partial charge in [-0.25, -0.2) is 0 Å². The Bertz CT molecular complexity index is 1470. The zero-order valence-electron chi connectivity index (χ0n) is 21.8. The van der Waals surface area contributed by atoms with Crippen molar-refractivity contribution in [1.29, 1.82) is 0 Å². The van der Waals surface area contributed by atoms with Crippen LogP contribution in [0.5, 0.6) is 11.5 Å². The molecule has 0 atom stereocenters. The molecule has 0 aliphatic heterocycles. The second-order valence-corrected chi connectivity index (χ2v) is 13.4. The lowest BCUT2D eigenvalue weighted by Crippen LogP contribution is -2.43. The number of rotatable bonds is 3. The Labute approximate surface area is 218 Å². The number of aromatic hydroxyl groups is 1. The minimum atomic E-state index is -0.102. The standard InChI is InChI=1S/C33H34O2S/c1-31(2)18-32(3,4)20-33(19-31)25-14-10-9-13-22(25)30-24-16-29(36-21-11-7-6-8-12-21)28(35-5)15-23(24)27(34)17-26(30)33/h6-17,34H,18-20H2,1-5H3. The van der Waals surface area contributed by atoms with E-state index in [1.54, 1.807) is 18.9 Å². The van der Waals surface area contributed by atoms with Crippen LogP contribution in [-0.2, 0) is 5.41 Å². The fraction of sp³-hybridized carbons (Fsp3) is 0.333. The van der Waals surface area contributed by atoms with E-state index in [-0.39, 0.29) is 16.2 Å². The zero-order valence-corrected chi connectivity index (χ0v) is 22.6. The second-order valence-electron chi connectivity index (χ2n) is 12.3. The van der Waals surface area contributed by atoms with Gasteiger partial charge < -0.3 is 9.84 Å². The summed E-state index contributed by atoms with van der Waals surface area (Å²) in [6.45, 7) is 9.65. The normalized spacial score (nSPS) is 18.7. The molecule has 4 aromatic rings. The lowest BCUT2D eigenvalue weighted by atomic mass is 9.52. The number of hydrogen-bond donors (Lipinski definition) is 1. The molecule has 1 fully saturated rings. The van der Waals surface area contributed by atoms with Crippen molar-refractivity contribution in [2.75, 3.05) is 7.11 Å². The molecule has 2 aliphatic carbocycles. The highest BCUT2D eigenvalue weighted by atomic mass is 32.2. The molecule has 4 aromatic carbocycles. The van der Waals surface area contributed by atoms with Gasteiger partial charge in [-0.3, -0.25) is 0 Å². The number of ether oxygens (including phenoxy) is 1. The lowest BCUT2D eigenvalue weighted by Gasteiger charge is -2.51. The summed E-state index contributed by atoms with van der Waals surface area (Å²) in [5, 5.41) is 13.4. The van der Waals surface area contributed by atoms with Crippen LogP contribution in [0.2, 0.25) is 0 Å². The van der Waals surface area contributed by atoms with Gasteiger partial charge in [0, 0.05) is 15.7 Å². The van der Waals surface area contributed by atoms with E-state index in [4.69, 9.17) is 4.74 Å². The first-order chi connectivity index (χ1) is 17.1. The van der Waals surface area contributed by atoms with Gasteiger partial charge in [-0.2, -0.15) is 0 Å². The van der Waals surface area contributed by atoms with E-state index in [0.29, 0.717) is 5.75 Å². The van der Waals surface area contributed by atoms with Gasteiger partial charge in [0.25, 0.3) is 0 Å². The van der Waals surface area contributed by atoms with Crippen molar-refractivity contribution in [2.45, 2.75) is 62.2 Å². The van der Waals surface area contributed by atoms with Crippen LogP contribution >= 0.6 is 11.8 Å². The summed E-state index contributed by atoms with van der Waals surface area (Å²) in [5.41, 5.74) is 5.60. The molecule has 1 N–H and O–H groups in total. The summed E-state index contributed by atoms with van der Waals surface area (Å²) in [4.78, 5) is 2.23. The Hall–Kier alpha value is -2.91. The van der Waals surface area contributed by atoms with Gasteiger partial charge >= 0.3 is 0 Å². The van der Waals surface area contributed by atoms with Crippen LogP contribution in [0.4, 0.5) is 0 Å². The molecule has 1 saturated carbocycles. The van der Waals surface area contributed by atoms with E-state index in [2.05, 4.69) is 88.4 Å². The van der Waals surface area contributed by atoms with Gasteiger partial charge in [0.05, 0.1) is 12.0 Å². The minimum absolute atomic E-state index is 0.102. The summed E-state index contributed by atoms with van der Waals surface area (Å²) in [6, 6.07) is 25.7. The molecule has 0 radical (unpaired) electrons. The maximum absolute atomic E-state index is 11.4. The first-order valence-corrected chi connectivity index (χ1v) is 13.7. The van der Waals surface area contributed by atoms with Crippen molar-refractivity contribution in [2.24, 2.45) is 10.8 Å². The summed E-state index contributed by atoms with van der Waals surface area (Å²) in [6.07, 6.45) is 3.37. The number of phenolic OH excluding ortho intramolecular Hbond substituents is 1. The maximum Gasteiger partial charge on any atom is 0.133 e. The highest BCUT2D eigenvalue weighted by Gasteiger charge is 2.53. The van der Waals surface area contributed by atoms with E-state index in [1.807, 2.05) is 12.1 Å². The number of benzene rings is 4. The van der Waals surface area contributed by atoms with Crippen molar-refractivity contribution in [3.05, 3.63) is 83.9 Å². The summed E-state index contributed by atoms with van der Waals surface area (Å²) < 4.78 is 5.80. The van der Waals surface area contributed by atoms with Gasteiger partial charge in [0.15, 0.2) is 0 Å². The van der Waals surface area contributed by atoms with Crippen molar-refractivity contribution in [1.82, 2.24) is 0 Å². The Morgan fingerprint density at radius 1 is 0.750 bits per heavy atom. The summed E-state index contributed by atoms with van der Waals surface area (Å²) in [7, 11) is 1.71. The SMILES string of the molecule is COc1cc2c(O)cc3c(c2cc1Sc1ccccc1)-c1ccccc1C31CC(C)(C)CC(C)(C)C1. The largest absolute Gasteiger partial charge is 0.507 e. The topological polar surface area (TPSA) is 29.5 Å². The van der Waals surface area contributed by atoms with Gasteiger partial charge in [-0.1, -0.05) is 81.9 Å². The Morgan fingerprint density at radius 2 is 1.42 bits per heavy atom. The van der Waals surface area contributed by atoms with E-state index >= 15 is 0 Å². The molecule has 6 rings (SSSR count). The maximum atomic E-state index is 11.4. The van der Waals surface area contributed by atoms with Gasteiger partial charge in [-0.15, -0.1) is 0 Å². The van der Waals surface area contributed by atoms with Crippen LogP contribution in [0.15, 0.2) is 82.6 Å². The molecular formula is C33H34O2S. The van der Waals surface area contributed by atoms with Crippen molar-refractivity contribution in [3.63, 3.8) is 0 Å². The van der Waals surface area contributed by atoms with Gasteiger partial charge in [-0.05, 0) is 88.1 Å². The number of methoxy groups -OCH3 is 1. The van der Waals surface area contributed by atoms with Crippen LogP contribution in [0.1, 0.15) is 58.1 Å². The van der Waals surface area contributed by atoms with E-state index < -0.39 is 0 Å². The summed E-state index contributed by atoms with van der Waals surface area (Å²) >= 11 is 1.71. The average molecular weight is 495 g/mol. The minimum Gasteiger partial charge on any atom is -0.507 e. The van der Waals surface area contributed by atoms with Crippen molar-refractivity contribution < 1.29 is 9.84 Å². The molecule has 36 heavy (non-hydrogen) atoms. The molecular weight excluding hydrogens is 460 g/mol. The smallest absolute Gasteiger partial charge is 0.133 e. The van der Waals surface area contributed by atoms with Gasteiger partial charge in [0.2, 0.25) is 0 Å². The van der Waals surface area contributed by atoms with Crippen LogP contribution in [0, 0.1) is 10.8 Å². The highest BCUT2D eigenvalue weighted by Crippen LogP contribution is 2.65. The molecule has 0 unspecified atom stereocenters. The first-order valence-electron chi connectivity index (χ1n) is 12.8. The lowest BCUT2D eigenvalue weighted by molar-refractivity contribution is 0.0645. The second kappa shape index (κ2) is 8.05. The molecule has 184 valence electrons. The van der Waals surface area contributed by atoms with Gasteiger partial charge in [0.1, 0.15) is 11.5 Å². The van der Waals surface area contributed by atoms with Crippen LogP contribution in [0.25, 0.3) is 21.9 Å². The quantitative estimate of drug-likeness (QED) is 0.308. The third-order valence-electron chi connectivity index (χ3n) is 8.12. The Balaban J connectivity index is 1.65. The van der Waals surface area contributed by atoms with Crippen LogP contribution in [0.3, 0.4) is 0 Å². The average Bonchev–Trinajstić information content (AvgIpc) is 3.06. The third-order valence-corrected chi connectivity index (χ3v) is 9.16. The fourth-order valence-corrected chi connectivity index (χ4v) is 8.66. The van der Waals surface area contributed by atoms with E-state index in [9.17, 15) is 5.11 Å². The molecule has 0 bridgehead atoms. The molecule has 2 nitrogen and oxygen atoms in total. The monoisotopic (exact) mass is 494 g/mol. The number of hydrogen-bond acceptors (Lipinski definition) is 3. The molecule has 3 heteroatoms. The predicted octanol–water partition coefficient (Wildman–Crippen LogP) is 9.21. The van der Waals surface area contributed by atoms with Crippen molar-refractivity contribution in [3.8, 4) is 22.6 Å².